The highest BCUT2D eigenvalue weighted by Gasteiger charge is 2.20. The number of carbonyl (C=O) groups is 1. The zero-order valence-electron chi connectivity index (χ0n) is 11.7. The van der Waals surface area contributed by atoms with Crippen LogP contribution in [0.4, 0.5) is 0 Å². The van der Waals surface area contributed by atoms with E-state index in [0.29, 0.717) is 19.0 Å². The summed E-state index contributed by atoms with van der Waals surface area (Å²) in [6.07, 6.45) is 3.06. The van der Waals surface area contributed by atoms with E-state index >= 15 is 0 Å². The molecule has 20 heavy (non-hydrogen) atoms. The van der Waals surface area contributed by atoms with Crippen LogP contribution in [0.5, 0.6) is 11.5 Å². The highest BCUT2D eigenvalue weighted by atomic mass is 16.7. The standard InChI is InChI=1S/C15H20N2O3/c1-17(15(18)6-7-16-12-3-4-12)9-11-2-5-13-14(8-11)20-10-19-13/h2,5,8,12,16H,3-4,6-7,9-10H2,1H3. The summed E-state index contributed by atoms with van der Waals surface area (Å²) in [6.45, 7) is 1.65. The van der Waals surface area contributed by atoms with Crippen LogP contribution in [0, 0.1) is 0 Å². The van der Waals surface area contributed by atoms with Crippen molar-refractivity contribution >= 4 is 5.91 Å². The molecular formula is C15H20N2O3. The number of rotatable bonds is 6. The number of hydrogen-bond donors (Lipinski definition) is 1. The summed E-state index contributed by atoms with van der Waals surface area (Å²) < 4.78 is 10.6. The summed E-state index contributed by atoms with van der Waals surface area (Å²) in [6, 6.07) is 6.46. The van der Waals surface area contributed by atoms with Gasteiger partial charge in [-0.2, -0.15) is 0 Å². The molecular weight excluding hydrogens is 256 g/mol. The van der Waals surface area contributed by atoms with Crippen LogP contribution in [0.2, 0.25) is 0 Å². The lowest BCUT2D eigenvalue weighted by molar-refractivity contribution is -0.130. The van der Waals surface area contributed by atoms with E-state index in [-0.39, 0.29) is 12.7 Å². The van der Waals surface area contributed by atoms with Gasteiger partial charge in [0.1, 0.15) is 0 Å². The molecule has 5 nitrogen and oxygen atoms in total. The van der Waals surface area contributed by atoms with Gasteiger partial charge in [-0.1, -0.05) is 6.07 Å². The molecule has 0 aromatic heterocycles. The third kappa shape index (κ3) is 3.22. The molecule has 2 aliphatic rings. The van der Waals surface area contributed by atoms with Gasteiger partial charge >= 0.3 is 0 Å². The first-order valence-electron chi connectivity index (χ1n) is 7.08. The Morgan fingerprint density at radius 1 is 1.35 bits per heavy atom. The fourth-order valence-corrected chi connectivity index (χ4v) is 2.26. The minimum Gasteiger partial charge on any atom is -0.454 e. The van der Waals surface area contributed by atoms with Gasteiger partial charge < -0.3 is 19.7 Å². The van der Waals surface area contributed by atoms with Gasteiger partial charge in [-0.05, 0) is 30.5 Å². The van der Waals surface area contributed by atoms with Gasteiger partial charge in [0.25, 0.3) is 0 Å². The van der Waals surface area contributed by atoms with E-state index in [2.05, 4.69) is 5.32 Å². The van der Waals surface area contributed by atoms with Gasteiger partial charge in [0, 0.05) is 32.6 Å². The summed E-state index contributed by atoms with van der Waals surface area (Å²) in [5, 5.41) is 3.36. The second kappa shape index (κ2) is 5.71. The van der Waals surface area contributed by atoms with Gasteiger partial charge in [-0.15, -0.1) is 0 Å². The highest BCUT2D eigenvalue weighted by Crippen LogP contribution is 2.32. The number of hydrogen-bond acceptors (Lipinski definition) is 4. The smallest absolute Gasteiger partial charge is 0.231 e. The average molecular weight is 276 g/mol. The number of amides is 1. The molecule has 3 rings (SSSR count). The minimum absolute atomic E-state index is 0.163. The molecule has 1 aliphatic carbocycles. The molecule has 0 radical (unpaired) electrons. The van der Waals surface area contributed by atoms with Crippen molar-refractivity contribution in [3.63, 3.8) is 0 Å². The van der Waals surface area contributed by atoms with Crippen molar-refractivity contribution in [2.45, 2.75) is 31.8 Å². The molecule has 1 aromatic rings. The normalized spacial score (nSPS) is 16.2. The number of benzene rings is 1. The van der Waals surface area contributed by atoms with Crippen LogP contribution in [0.1, 0.15) is 24.8 Å². The van der Waals surface area contributed by atoms with Crippen LogP contribution in [0.25, 0.3) is 0 Å². The fraction of sp³-hybridized carbons (Fsp3) is 0.533. The molecule has 1 aromatic carbocycles. The Morgan fingerprint density at radius 3 is 2.95 bits per heavy atom. The Balaban J connectivity index is 1.49. The number of fused-ring (bicyclic) bond motifs is 1. The Morgan fingerprint density at radius 2 is 2.15 bits per heavy atom. The summed E-state index contributed by atoms with van der Waals surface area (Å²) in [5.74, 6) is 1.70. The van der Waals surface area contributed by atoms with Crippen molar-refractivity contribution in [3.8, 4) is 11.5 Å². The Labute approximate surface area is 118 Å². The molecule has 0 spiro atoms. The van der Waals surface area contributed by atoms with E-state index in [1.165, 1.54) is 12.8 Å². The average Bonchev–Trinajstić information content (AvgIpc) is 3.14. The Bertz CT molecular complexity index is 500. The number of nitrogens with one attached hydrogen (secondary N) is 1. The zero-order chi connectivity index (χ0) is 13.9. The Kier molecular flexibility index (Phi) is 3.78. The van der Waals surface area contributed by atoms with Crippen molar-refractivity contribution in [1.82, 2.24) is 10.2 Å². The first-order chi connectivity index (χ1) is 9.72. The molecule has 5 heteroatoms. The summed E-state index contributed by atoms with van der Waals surface area (Å²) in [5.41, 5.74) is 1.06. The third-order valence-electron chi connectivity index (χ3n) is 3.63. The van der Waals surface area contributed by atoms with Crippen LogP contribution < -0.4 is 14.8 Å². The van der Waals surface area contributed by atoms with E-state index in [0.717, 1.165) is 23.6 Å². The first-order valence-corrected chi connectivity index (χ1v) is 7.08. The van der Waals surface area contributed by atoms with E-state index in [1.54, 1.807) is 4.90 Å². The van der Waals surface area contributed by atoms with Crippen LogP contribution in [0.3, 0.4) is 0 Å². The topological polar surface area (TPSA) is 50.8 Å². The van der Waals surface area contributed by atoms with Gasteiger partial charge in [0.15, 0.2) is 11.5 Å². The molecule has 0 saturated heterocycles. The van der Waals surface area contributed by atoms with Gasteiger partial charge in [-0.25, -0.2) is 0 Å². The lowest BCUT2D eigenvalue weighted by atomic mass is 10.2. The van der Waals surface area contributed by atoms with Gasteiger partial charge in [-0.3, -0.25) is 4.79 Å². The molecule has 0 atom stereocenters. The second-order valence-electron chi connectivity index (χ2n) is 5.42. The molecule has 0 unspecified atom stereocenters. The number of nitrogens with zero attached hydrogens (tertiary/aromatic N) is 1. The van der Waals surface area contributed by atoms with Crippen molar-refractivity contribution < 1.29 is 14.3 Å². The quantitative estimate of drug-likeness (QED) is 0.856. The van der Waals surface area contributed by atoms with E-state index < -0.39 is 0 Å². The summed E-state index contributed by atoms with van der Waals surface area (Å²) >= 11 is 0. The highest BCUT2D eigenvalue weighted by molar-refractivity contribution is 5.76. The van der Waals surface area contributed by atoms with Crippen LogP contribution in [-0.4, -0.2) is 37.2 Å². The maximum Gasteiger partial charge on any atom is 0.231 e. The molecule has 1 saturated carbocycles. The Hall–Kier alpha value is -1.75. The van der Waals surface area contributed by atoms with Crippen molar-refractivity contribution in [3.05, 3.63) is 23.8 Å². The molecule has 0 bridgehead atoms. The fourth-order valence-electron chi connectivity index (χ4n) is 2.26. The third-order valence-corrected chi connectivity index (χ3v) is 3.63. The monoisotopic (exact) mass is 276 g/mol. The first kappa shape index (κ1) is 13.2. The minimum atomic E-state index is 0.163. The molecule has 1 aliphatic heterocycles. The lowest BCUT2D eigenvalue weighted by Gasteiger charge is -2.17. The zero-order valence-corrected chi connectivity index (χ0v) is 11.7. The second-order valence-corrected chi connectivity index (χ2v) is 5.42. The molecule has 1 heterocycles. The predicted molar refractivity (Wildman–Crippen MR) is 74.7 cm³/mol. The summed E-state index contributed by atoms with van der Waals surface area (Å²) in [7, 11) is 1.84. The van der Waals surface area contributed by atoms with Crippen molar-refractivity contribution in [2.75, 3.05) is 20.4 Å². The van der Waals surface area contributed by atoms with Crippen LogP contribution in [0.15, 0.2) is 18.2 Å². The lowest BCUT2D eigenvalue weighted by Crippen LogP contribution is -2.30. The van der Waals surface area contributed by atoms with E-state index in [9.17, 15) is 4.79 Å². The maximum absolute atomic E-state index is 12.0. The number of ether oxygens (including phenoxy) is 2. The molecule has 1 amide bonds. The largest absolute Gasteiger partial charge is 0.454 e. The molecule has 1 N–H and O–H groups in total. The SMILES string of the molecule is CN(Cc1ccc2c(c1)OCO2)C(=O)CCNC1CC1. The predicted octanol–water partition coefficient (Wildman–Crippen LogP) is 1.52. The molecule has 1 fully saturated rings. The van der Waals surface area contributed by atoms with Gasteiger partial charge in [0.05, 0.1) is 0 Å². The van der Waals surface area contributed by atoms with Crippen LogP contribution >= 0.6 is 0 Å². The summed E-state index contributed by atoms with van der Waals surface area (Å²) in [4.78, 5) is 13.8. The maximum atomic E-state index is 12.0. The van der Waals surface area contributed by atoms with E-state index in [1.807, 2.05) is 25.2 Å². The van der Waals surface area contributed by atoms with Crippen molar-refractivity contribution in [2.24, 2.45) is 0 Å². The van der Waals surface area contributed by atoms with Gasteiger partial charge in [0.2, 0.25) is 12.7 Å². The van der Waals surface area contributed by atoms with Crippen molar-refractivity contribution in [1.29, 1.82) is 0 Å². The van der Waals surface area contributed by atoms with E-state index in [4.69, 9.17) is 9.47 Å². The van der Waals surface area contributed by atoms with Crippen LogP contribution in [-0.2, 0) is 11.3 Å². The number of carbonyl (C=O) groups excluding carboxylic acids is 1. The molecule has 108 valence electrons.